The number of hydrogen-bond acceptors (Lipinski definition) is 0. The third-order valence-electron chi connectivity index (χ3n) is 7.21. The van der Waals surface area contributed by atoms with E-state index in [0.29, 0.717) is 0 Å². The molecule has 0 N–H and O–H groups in total. The van der Waals surface area contributed by atoms with Crippen LogP contribution in [0.5, 0.6) is 0 Å². The van der Waals surface area contributed by atoms with Crippen LogP contribution in [0.15, 0.2) is 152 Å². The molecule has 1 aliphatic rings. The van der Waals surface area contributed by atoms with Gasteiger partial charge in [-0.3, -0.25) is 0 Å². The van der Waals surface area contributed by atoms with E-state index in [1.807, 2.05) is 0 Å². The average molecular weight is 705 g/mol. The quantitative estimate of drug-likeness (QED) is 0.148. The van der Waals surface area contributed by atoms with Crippen molar-refractivity contribution < 1.29 is 35.3 Å². The second-order valence-corrected chi connectivity index (χ2v) is 11.6. The molecule has 0 spiro atoms. The summed E-state index contributed by atoms with van der Waals surface area (Å²) in [7, 11) is -0.467. The van der Waals surface area contributed by atoms with E-state index in [2.05, 4.69) is 152 Å². The van der Waals surface area contributed by atoms with Crippen LogP contribution in [0.4, 0.5) is 0 Å². The predicted octanol–water partition coefficient (Wildman–Crippen LogP) is 2.53. The van der Waals surface area contributed by atoms with E-state index in [4.69, 9.17) is 0 Å². The minimum atomic E-state index is -0.467. The molecule has 0 aromatic heterocycles. The van der Waals surface area contributed by atoms with Gasteiger partial charge >= 0.3 is 25.8 Å². The Bertz CT molecular complexity index is 1840. The topological polar surface area (TPSA) is 0 Å². The van der Waals surface area contributed by atoms with E-state index in [0.717, 1.165) is 0 Å². The molecule has 0 fully saturated rings. The molecule has 0 amide bonds. The number of halogens is 2. The van der Waals surface area contributed by atoms with Crippen LogP contribution in [0.2, 0.25) is 0 Å². The van der Waals surface area contributed by atoms with Gasteiger partial charge in [-0.15, -0.1) is 63.2 Å². The van der Waals surface area contributed by atoms with Gasteiger partial charge in [0.05, 0.1) is 0 Å². The van der Waals surface area contributed by atoms with E-state index < -0.39 is 7.92 Å². The van der Waals surface area contributed by atoms with Crippen molar-refractivity contribution in [2.45, 2.75) is 0 Å². The van der Waals surface area contributed by atoms with Gasteiger partial charge in [-0.05, 0) is 29.7 Å². The predicted molar refractivity (Wildman–Crippen MR) is 162 cm³/mol. The summed E-state index contributed by atoms with van der Waals surface area (Å²) in [5.41, 5.74) is 5.38. The van der Waals surface area contributed by atoms with Crippen molar-refractivity contribution in [3.63, 3.8) is 0 Å². The molecule has 0 radical (unpaired) electrons. The Hall–Kier alpha value is -3.52. The van der Waals surface area contributed by atoms with Gasteiger partial charge in [0.15, 0.2) is 0 Å². The first-order valence-electron chi connectivity index (χ1n) is 12.7. The maximum absolute atomic E-state index is 2.41. The van der Waals surface area contributed by atoms with Crippen molar-refractivity contribution in [3.05, 3.63) is 152 Å². The number of fused-ring (bicyclic) bond motifs is 4. The first kappa shape index (κ1) is 29.5. The number of hydrogen-bond donors (Lipinski definition) is 0. The van der Waals surface area contributed by atoms with Gasteiger partial charge in [0.25, 0.3) is 0 Å². The Morgan fingerprint density at radius 3 is 1.90 bits per heavy atom. The summed E-state index contributed by atoms with van der Waals surface area (Å²) in [5, 5.41) is 9.78. The molecule has 192 valence electrons. The smallest absolute Gasteiger partial charge is 1.00 e. The summed E-state index contributed by atoms with van der Waals surface area (Å²) < 4.78 is 0. The van der Waals surface area contributed by atoms with Gasteiger partial charge in [0, 0.05) is 0 Å². The third kappa shape index (κ3) is 5.29. The van der Waals surface area contributed by atoms with Gasteiger partial charge in [0.1, 0.15) is 0 Å². The van der Waals surface area contributed by atoms with Crippen molar-refractivity contribution in [1.29, 1.82) is 0 Å². The Kier molecular flexibility index (Phi) is 9.40. The Morgan fingerprint density at radius 1 is 0.500 bits per heavy atom. The minimum Gasteiger partial charge on any atom is -1.00 e. The summed E-state index contributed by atoms with van der Waals surface area (Å²) in [6.45, 7) is 0. The largest absolute Gasteiger partial charge is 4.00 e. The van der Waals surface area contributed by atoms with Gasteiger partial charge in [-0.2, -0.15) is 18.2 Å². The van der Waals surface area contributed by atoms with Gasteiger partial charge in [-0.1, -0.05) is 108 Å². The average Bonchev–Trinajstić information content (AvgIpc) is 3.59. The van der Waals surface area contributed by atoms with Crippen LogP contribution >= 0.6 is 7.92 Å². The fourth-order valence-electron chi connectivity index (χ4n) is 5.52. The van der Waals surface area contributed by atoms with Crippen LogP contribution in [0.1, 0.15) is 0 Å². The van der Waals surface area contributed by atoms with E-state index >= 15 is 0 Å². The molecule has 2 bridgehead atoms. The molecule has 1 unspecified atom stereocenters. The van der Waals surface area contributed by atoms with Crippen molar-refractivity contribution in [1.82, 2.24) is 0 Å². The summed E-state index contributed by atoms with van der Waals surface area (Å²) in [5.74, 6) is 0. The summed E-state index contributed by atoms with van der Waals surface area (Å²) in [6, 6.07) is 54.7. The summed E-state index contributed by atoms with van der Waals surface area (Å²) in [4.78, 5) is 0. The molecular formula is C36H25F2HfP. The molecule has 40 heavy (non-hydrogen) atoms. The maximum Gasteiger partial charge on any atom is 4.00 e. The summed E-state index contributed by atoms with van der Waals surface area (Å²) >= 11 is 0. The van der Waals surface area contributed by atoms with Crippen molar-refractivity contribution in [3.8, 4) is 22.3 Å². The van der Waals surface area contributed by atoms with E-state index in [1.54, 1.807) is 0 Å². The summed E-state index contributed by atoms with van der Waals surface area (Å²) in [6.07, 6.45) is 0. The maximum atomic E-state index is 2.41. The molecule has 0 aliphatic carbocycles. The molecule has 0 saturated heterocycles. The Balaban J connectivity index is 0.000000183. The standard InChI is InChI=1S/C21H14P.C15H11.2FH.Hf/c1-2-8-16(9-3-1)22-17-13-15-7-6-11-18(20(15)14-17)19-10-4-5-12-21(19)22;1-2-6-12(7-3-1)14-10-4-8-13-9-5-11-15(13)14;;;/h1-14H;1-11H;2*1H;/q2*-1;;;+4/p-2. The fourth-order valence-corrected chi connectivity index (χ4v) is 8.04. The molecule has 1 atom stereocenters. The van der Waals surface area contributed by atoms with Crippen molar-refractivity contribution in [2.75, 3.05) is 0 Å². The number of benzene rings is 5. The zero-order valence-corrected chi connectivity index (χ0v) is 26.1. The van der Waals surface area contributed by atoms with Crippen LogP contribution in [0, 0.1) is 0 Å². The van der Waals surface area contributed by atoms with Gasteiger partial charge < -0.3 is 9.41 Å². The minimum absolute atomic E-state index is 0. The van der Waals surface area contributed by atoms with Crippen LogP contribution in [0.25, 0.3) is 43.8 Å². The van der Waals surface area contributed by atoms with Crippen LogP contribution in [-0.4, -0.2) is 0 Å². The van der Waals surface area contributed by atoms with Crippen LogP contribution in [0.3, 0.4) is 0 Å². The number of rotatable bonds is 2. The normalized spacial score (nSPS) is 12.7. The zero-order valence-electron chi connectivity index (χ0n) is 21.6. The monoisotopic (exact) mass is 706 g/mol. The molecule has 8 rings (SSSR count). The molecule has 1 heterocycles. The van der Waals surface area contributed by atoms with Crippen molar-refractivity contribution in [2.24, 2.45) is 0 Å². The Labute approximate surface area is 253 Å². The molecule has 0 saturated carbocycles. The van der Waals surface area contributed by atoms with Gasteiger partial charge in [0.2, 0.25) is 0 Å². The SMILES string of the molecule is [F-].[F-].[Hf+4].c1ccc(-c2cccc3[cH-]ccc23)cc1.c1ccc(P2c3cc4c(cccc4[cH-]3)-c3ccccc32)cc1. The first-order valence-corrected chi connectivity index (χ1v) is 14.0. The Morgan fingerprint density at radius 2 is 1.12 bits per heavy atom. The van der Waals surface area contributed by atoms with Crippen LogP contribution < -0.4 is 25.3 Å². The molecule has 1 aliphatic heterocycles. The molecular weight excluding hydrogens is 680 g/mol. The second-order valence-electron chi connectivity index (χ2n) is 9.41. The van der Waals surface area contributed by atoms with Crippen LogP contribution in [-0.2, 0) is 25.8 Å². The van der Waals surface area contributed by atoms with E-state index in [1.165, 1.54) is 59.7 Å². The third-order valence-corrected chi connectivity index (χ3v) is 9.67. The van der Waals surface area contributed by atoms with E-state index in [-0.39, 0.29) is 35.3 Å². The van der Waals surface area contributed by atoms with Crippen molar-refractivity contribution >= 4 is 45.4 Å². The second kappa shape index (κ2) is 12.8. The molecule has 7 aromatic rings. The molecule has 7 aromatic carbocycles. The molecule has 0 nitrogen and oxygen atoms in total. The zero-order chi connectivity index (χ0) is 24.6. The molecule has 4 heteroatoms. The first-order chi connectivity index (χ1) is 18.4. The van der Waals surface area contributed by atoms with E-state index in [9.17, 15) is 0 Å². The fraction of sp³-hybridized carbons (Fsp3) is 0. The van der Waals surface area contributed by atoms with Gasteiger partial charge in [-0.25, -0.2) is 0 Å².